The number of amides is 1. The van der Waals surface area contributed by atoms with Crippen LogP contribution in [0.5, 0.6) is 5.75 Å². The summed E-state index contributed by atoms with van der Waals surface area (Å²) in [5.41, 5.74) is 0.879. The van der Waals surface area contributed by atoms with Crippen molar-refractivity contribution in [3.63, 3.8) is 0 Å². The number of fused-ring (bicyclic) bond motifs is 1. The standard InChI is InChI=1S/C13H14ClNO3/c1-2-6-18-13(16)15-11-5-7-17-12-4-3-9(14)8-10(11)12/h2-4,8,11H,1,5-7H2,(H,15,16). The van der Waals surface area contributed by atoms with E-state index in [9.17, 15) is 4.79 Å². The van der Waals surface area contributed by atoms with Crippen molar-refractivity contribution in [2.45, 2.75) is 12.5 Å². The highest BCUT2D eigenvalue weighted by Crippen LogP contribution is 2.33. The van der Waals surface area contributed by atoms with Crippen LogP contribution in [0.2, 0.25) is 5.02 Å². The second kappa shape index (κ2) is 5.78. The molecule has 0 saturated heterocycles. The van der Waals surface area contributed by atoms with E-state index in [1.54, 1.807) is 18.2 Å². The van der Waals surface area contributed by atoms with E-state index < -0.39 is 6.09 Å². The fourth-order valence-electron chi connectivity index (χ4n) is 1.83. The summed E-state index contributed by atoms with van der Waals surface area (Å²) < 4.78 is 10.4. The van der Waals surface area contributed by atoms with Crippen LogP contribution in [0.25, 0.3) is 0 Å². The lowest BCUT2D eigenvalue weighted by molar-refractivity contribution is 0.149. The predicted octanol–water partition coefficient (Wildman–Crippen LogP) is 3.08. The summed E-state index contributed by atoms with van der Waals surface area (Å²) in [6.07, 6.45) is 1.75. The lowest BCUT2D eigenvalue weighted by Gasteiger charge is -2.26. The van der Waals surface area contributed by atoms with Gasteiger partial charge in [-0.15, -0.1) is 0 Å². The molecule has 1 aromatic carbocycles. The summed E-state index contributed by atoms with van der Waals surface area (Å²) >= 11 is 5.95. The van der Waals surface area contributed by atoms with E-state index in [1.165, 1.54) is 6.08 Å². The molecule has 1 aromatic rings. The van der Waals surface area contributed by atoms with Crippen LogP contribution in [0.4, 0.5) is 4.79 Å². The number of nitrogens with one attached hydrogen (secondary N) is 1. The van der Waals surface area contributed by atoms with Crippen LogP contribution in [0.15, 0.2) is 30.9 Å². The van der Waals surface area contributed by atoms with Gasteiger partial charge >= 0.3 is 6.09 Å². The summed E-state index contributed by atoms with van der Waals surface area (Å²) in [5.74, 6) is 0.750. The van der Waals surface area contributed by atoms with Crippen LogP contribution in [-0.4, -0.2) is 19.3 Å². The van der Waals surface area contributed by atoms with Crippen molar-refractivity contribution >= 4 is 17.7 Å². The molecule has 0 aliphatic carbocycles. The van der Waals surface area contributed by atoms with Gasteiger partial charge in [0.25, 0.3) is 0 Å². The average molecular weight is 268 g/mol. The molecular weight excluding hydrogens is 254 g/mol. The minimum atomic E-state index is -0.465. The second-order valence-electron chi connectivity index (χ2n) is 3.90. The Balaban J connectivity index is 2.09. The minimum absolute atomic E-state index is 0.134. The molecule has 1 unspecified atom stereocenters. The number of ether oxygens (including phenoxy) is 2. The quantitative estimate of drug-likeness (QED) is 0.856. The summed E-state index contributed by atoms with van der Waals surface area (Å²) in [6, 6.07) is 5.23. The molecule has 1 N–H and O–H groups in total. The maximum Gasteiger partial charge on any atom is 0.407 e. The largest absolute Gasteiger partial charge is 0.493 e. The molecule has 1 amide bonds. The first kappa shape index (κ1) is 12.8. The highest BCUT2D eigenvalue weighted by atomic mass is 35.5. The summed E-state index contributed by atoms with van der Waals surface area (Å²) in [4.78, 5) is 11.5. The van der Waals surface area contributed by atoms with Crippen LogP contribution >= 0.6 is 11.6 Å². The Bertz CT molecular complexity index is 462. The Kier molecular flexibility index (Phi) is 4.10. The summed E-state index contributed by atoms with van der Waals surface area (Å²) in [6.45, 7) is 4.23. The van der Waals surface area contributed by atoms with E-state index in [0.717, 1.165) is 11.3 Å². The number of rotatable bonds is 3. The molecular formula is C13H14ClNO3. The third-order valence-corrected chi connectivity index (χ3v) is 2.87. The van der Waals surface area contributed by atoms with Crippen molar-refractivity contribution in [2.75, 3.05) is 13.2 Å². The van der Waals surface area contributed by atoms with E-state index >= 15 is 0 Å². The van der Waals surface area contributed by atoms with Gasteiger partial charge in [0.2, 0.25) is 0 Å². The summed E-state index contributed by atoms with van der Waals surface area (Å²) in [7, 11) is 0. The van der Waals surface area contributed by atoms with E-state index in [4.69, 9.17) is 21.1 Å². The third-order valence-electron chi connectivity index (χ3n) is 2.64. The highest BCUT2D eigenvalue weighted by molar-refractivity contribution is 6.30. The first-order valence-electron chi connectivity index (χ1n) is 5.67. The lowest BCUT2D eigenvalue weighted by atomic mass is 10.0. The molecule has 96 valence electrons. The zero-order chi connectivity index (χ0) is 13.0. The number of alkyl carbamates (subject to hydrolysis) is 1. The summed E-state index contributed by atoms with van der Waals surface area (Å²) in [5, 5.41) is 3.41. The zero-order valence-electron chi connectivity index (χ0n) is 9.82. The fourth-order valence-corrected chi connectivity index (χ4v) is 2.01. The zero-order valence-corrected chi connectivity index (χ0v) is 10.6. The molecule has 1 aliphatic heterocycles. The topological polar surface area (TPSA) is 47.6 Å². The van der Waals surface area contributed by atoms with E-state index in [1.807, 2.05) is 0 Å². The molecule has 1 atom stereocenters. The maximum absolute atomic E-state index is 11.5. The Morgan fingerprint density at radius 2 is 2.50 bits per heavy atom. The Hall–Kier alpha value is -1.68. The first-order valence-corrected chi connectivity index (χ1v) is 6.05. The van der Waals surface area contributed by atoms with Gasteiger partial charge in [0, 0.05) is 17.0 Å². The van der Waals surface area contributed by atoms with Crippen LogP contribution in [0.3, 0.4) is 0 Å². The van der Waals surface area contributed by atoms with Gasteiger partial charge in [-0.25, -0.2) is 4.79 Å². The van der Waals surface area contributed by atoms with Crippen molar-refractivity contribution in [1.29, 1.82) is 0 Å². The van der Waals surface area contributed by atoms with Crippen LogP contribution in [-0.2, 0) is 4.74 Å². The van der Waals surface area contributed by atoms with Gasteiger partial charge in [0.1, 0.15) is 12.4 Å². The van der Waals surface area contributed by atoms with Gasteiger partial charge < -0.3 is 14.8 Å². The van der Waals surface area contributed by atoms with Gasteiger partial charge in [-0.3, -0.25) is 0 Å². The van der Waals surface area contributed by atoms with E-state index in [2.05, 4.69) is 11.9 Å². The number of benzene rings is 1. The van der Waals surface area contributed by atoms with Crippen LogP contribution < -0.4 is 10.1 Å². The lowest BCUT2D eigenvalue weighted by Crippen LogP contribution is -2.32. The van der Waals surface area contributed by atoms with Crippen molar-refractivity contribution in [1.82, 2.24) is 5.32 Å². The van der Waals surface area contributed by atoms with Crippen molar-refractivity contribution in [2.24, 2.45) is 0 Å². The monoisotopic (exact) mass is 267 g/mol. The van der Waals surface area contributed by atoms with Crippen LogP contribution in [0.1, 0.15) is 18.0 Å². The molecule has 0 bridgehead atoms. The normalized spacial score (nSPS) is 17.3. The van der Waals surface area contributed by atoms with Gasteiger partial charge in [0.15, 0.2) is 0 Å². The first-order chi connectivity index (χ1) is 8.70. The molecule has 5 heteroatoms. The number of carbonyl (C=O) groups is 1. The molecule has 0 radical (unpaired) electrons. The maximum atomic E-state index is 11.5. The molecule has 1 heterocycles. The van der Waals surface area contributed by atoms with Crippen molar-refractivity contribution in [3.05, 3.63) is 41.4 Å². The molecule has 1 aliphatic rings. The third kappa shape index (κ3) is 2.96. The SMILES string of the molecule is C=CCOC(=O)NC1CCOc2ccc(Cl)cc21. The highest BCUT2D eigenvalue weighted by Gasteiger charge is 2.23. The molecule has 0 fully saturated rings. The molecule has 2 rings (SSSR count). The van der Waals surface area contributed by atoms with Crippen molar-refractivity contribution < 1.29 is 14.3 Å². The number of hydrogen-bond acceptors (Lipinski definition) is 3. The Morgan fingerprint density at radius 3 is 3.28 bits per heavy atom. The van der Waals surface area contributed by atoms with Crippen molar-refractivity contribution in [3.8, 4) is 5.75 Å². The molecule has 0 aromatic heterocycles. The van der Waals surface area contributed by atoms with Gasteiger partial charge in [0.05, 0.1) is 12.6 Å². The molecule has 0 saturated carbocycles. The van der Waals surface area contributed by atoms with E-state index in [0.29, 0.717) is 18.1 Å². The Morgan fingerprint density at radius 1 is 1.67 bits per heavy atom. The number of carbonyl (C=O) groups excluding carboxylic acids is 1. The number of hydrogen-bond donors (Lipinski definition) is 1. The molecule has 0 spiro atoms. The van der Waals surface area contributed by atoms with Gasteiger partial charge in [-0.05, 0) is 18.2 Å². The van der Waals surface area contributed by atoms with Gasteiger partial charge in [-0.1, -0.05) is 24.3 Å². The predicted molar refractivity (Wildman–Crippen MR) is 69.0 cm³/mol. The van der Waals surface area contributed by atoms with E-state index in [-0.39, 0.29) is 12.6 Å². The Labute approximate surface area is 111 Å². The second-order valence-corrected chi connectivity index (χ2v) is 4.34. The minimum Gasteiger partial charge on any atom is -0.493 e. The fraction of sp³-hybridized carbons (Fsp3) is 0.308. The van der Waals surface area contributed by atoms with Gasteiger partial charge in [-0.2, -0.15) is 0 Å². The number of halogens is 1. The molecule has 18 heavy (non-hydrogen) atoms. The average Bonchev–Trinajstić information content (AvgIpc) is 2.37. The molecule has 4 nitrogen and oxygen atoms in total. The smallest absolute Gasteiger partial charge is 0.407 e. The van der Waals surface area contributed by atoms with Crippen LogP contribution in [0, 0.1) is 0 Å².